The van der Waals surface area contributed by atoms with E-state index in [9.17, 15) is 13.6 Å². The number of hydrogen-bond donors (Lipinski definition) is 0. The summed E-state index contributed by atoms with van der Waals surface area (Å²) < 4.78 is 30.6. The van der Waals surface area contributed by atoms with Crippen LogP contribution in [-0.2, 0) is 4.79 Å². The maximum absolute atomic E-state index is 13.6. The molecule has 0 atom stereocenters. The summed E-state index contributed by atoms with van der Waals surface area (Å²) in [7, 11) is 0. The molecule has 0 aromatic heterocycles. The summed E-state index contributed by atoms with van der Waals surface area (Å²) >= 11 is 0. The van der Waals surface area contributed by atoms with Crippen molar-refractivity contribution in [2.75, 3.05) is 13.1 Å². The van der Waals surface area contributed by atoms with Crippen molar-refractivity contribution in [3.8, 4) is 16.9 Å². The van der Waals surface area contributed by atoms with Gasteiger partial charge in [0.05, 0.1) is 0 Å². The number of ether oxygens (including phenoxy) is 1. The van der Waals surface area contributed by atoms with Crippen LogP contribution in [0.5, 0.6) is 5.75 Å². The third-order valence-electron chi connectivity index (χ3n) is 5.24. The van der Waals surface area contributed by atoms with E-state index in [4.69, 9.17) is 4.74 Å². The largest absolute Gasteiger partial charge is 0.434 e. The summed E-state index contributed by atoms with van der Waals surface area (Å²) in [5.41, 5.74) is 3.72. The molecule has 0 saturated heterocycles. The number of amides is 1. The normalized spacial score (nSPS) is 11.5. The van der Waals surface area contributed by atoms with Crippen molar-refractivity contribution in [3.05, 3.63) is 90.0 Å². The van der Waals surface area contributed by atoms with Gasteiger partial charge < -0.3 is 9.64 Å². The van der Waals surface area contributed by atoms with Gasteiger partial charge in [0.2, 0.25) is 0 Å². The quantitative estimate of drug-likeness (QED) is 0.243. The Bertz CT molecular complexity index is 1060. The first-order chi connectivity index (χ1) is 16.0. The van der Waals surface area contributed by atoms with Crippen LogP contribution in [0.4, 0.5) is 8.78 Å². The van der Waals surface area contributed by atoms with E-state index in [1.54, 1.807) is 24.3 Å². The SMILES string of the molecule is CCCN(CCC)C(=O)/C(=C\c1ccccc1OC(F)F)c1ccc(-c2ccccc2)cc1. The summed E-state index contributed by atoms with van der Waals surface area (Å²) in [5.74, 6) is -0.0887. The van der Waals surface area contributed by atoms with E-state index in [2.05, 4.69) is 0 Å². The van der Waals surface area contributed by atoms with E-state index >= 15 is 0 Å². The van der Waals surface area contributed by atoms with E-state index in [1.165, 1.54) is 6.07 Å². The van der Waals surface area contributed by atoms with E-state index in [0.717, 1.165) is 29.5 Å². The van der Waals surface area contributed by atoms with Gasteiger partial charge in [0.25, 0.3) is 5.91 Å². The van der Waals surface area contributed by atoms with Gasteiger partial charge >= 0.3 is 6.61 Å². The van der Waals surface area contributed by atoms with E-state index in [-0.39, 0.29) is 11.7 Å². The second-order valence-electron chi connectivity index (χ2n) is 7.71. The number of nitrogens with zero attached hydrogens (tertiary/aromatic N) is 1. The highest BCUT2D eigenvalue weighted by molar-refractivity contribution is 6.24. The second kappa shape index (κ2) is 12.0. The number of para-hydroxylation sites is 1. The Kier molecular flexibility index (Phi) is 8.76. The highest BCUT2D eigenvalue weighted by Crippen LogP contribution is 2.29. The Morgan fingerprint density at radius 1 is 0.848 bits per heavy atom. The third kappa shape index (κ3) is 6.51. The van der Waals surface area contributed by atoms with Crippen molar-refractivity contribution in [2.24, 2.45) is 0 Å². The van der Waals surface area contributed by atoms with Gasteiger partial charge in [-0.05, 0) is 41.7 Å². The molecule has 0 aliphatic heterocycles. The molecule has 0 N–H and O–H groups in total. The van der Waals surface area contributed by atoms with Crippen LogP contribution >= 0.6 is 0 Å². The van der Waals surface area contributed by atoms with Crippen molar-refractivity contribution in [1.29, 1.82) is 0 Å². The molecule has 5 heteroatoms. The standard InChI is InChI=1S/C28H29F2NO2/c1-3-18-31(19-4-2)27(32)25(20-24-12-8-9-13-26(24)33-28(29)30)23-16-14-22(15-17-23)21-10-6-5-7-11-21/h5-17,20,28H,3-4,18-19H2,1-2H3/b25-20-. The molecular weight excluding hydrogens is 420 g/mol. The molecule has 33 heavy (non-hydrogen) atoms. The Hall–Kier alpha value is -3.47. The maximum atomic E-state index is 13.6. The van der Waals surface area contributed by atoms with E-state index in [1.807, 2.05) is 73.3 Å². The van der Waals surface area contributed by atoms with Crippen LogP contribution < -0.4 is 4.74 Å². The lowest BCUT2D eigenvalue weighted by Crippen LogP contribution is -2.33. The topological polar surface area (TPSA) is 29.5 Å². The molecule has 3 rings (SSSR count). The van der Waals surface area contributed by atoms with Crippen LogP contribution in [0, 0.1) is 0 Å². The molecular formula is C28H29F2NO2. The van der Waals surface area contributed by atoms with Gasteiger partial charge in [-0.1, -0.05) is 86.6 Å². The van der Waals surface area contributed by atoms with Gasteiger partial charge in [0, 0.05) is 24.2 Å². The predicted octanol–water partition coefficient (Wildman–Crippen LogP) is 7.14. The summed E-state index contributed by atoms with van der Waals surface area (Å²) in [6, 6.07) is 24.2. The van der Waals surface area contributed by atoms with Crippen molar-refractivity contribution >= 4 is 17.6 Å². The number of hydrogen-bond acceptors (Lipinski definition) is 2. The minimum absolute atomic E-state index is 0.0382. The molecule has 0 aliphatic carbocycles. The molecule has 1 amide bonds. The third-order valence-corrected chi connectivity index (χ3v) is 5.24. The fourth-order valence-electron chi connectivity index (χ4n) is 3.73. The van der Waals surface area contributed by atoms with Gasteiger partial charge in [-0.2, -0.15) is 8.78 Å². The number of halogens is 2. The first-order valence-electron chi connectivity index (χ1n) is 11.2. The van der Waals surface area contributed by atoms with Crippen molar-refractivity contribution in [2.45, 2.75) is 33.3 Å². The molecule has 172 valence electrons. The van der Waals surface area contributed by atoms with Gasteiger partial charge in [0.15, 0.2) is 0 Å². The number of rotatable bonds is 10. The van der Waals surface area contributed by atoms with Crippen LogP contribution in [0.1, 0.15) is 37.8 Å². The smallest absolute Gasteiger partial charge is 0.387 e. The Morgan fingerprint density at radius 3 is 2.03 bits per heavy atom. The Labute approximate surface area is 194 Å². The number of alkyl halides is 2. The van der Waals surface area contributed by atoms with Crippen molar-refractivity contribution in [3.63, 3.8) is 0 Å². The molecule has 0 radical (unpaired) electrons. The van der Waals surface area contributed by atoms with Crippen LogP contribution in [0.15, 0.2) is 78.9 Å². The lowest BCUT2D eigenvalue weighted by atomic mass is 9.97. The summed E-state index contributed by atoms with van der Waals surface area (Å²) in [4.78, 5) is 15.4. The molecule has 3 aromatic rings. The molecule has 0 heterocycles. The lowest BCUT2D eigenvalue weighted by Gasteiger charge is -2.23. The summed E-state index contributed by atoms with van der Waals surface area (Å²) in [6.07, 6.45) is 3.31. The fourth-order valence-corrected chi connectivity index (χ4v) is 3.73. The average molecular weight is 450 g/mol. The zero-order chi connectivity index (χ0) is 23.6. The minimum Gasteiger partial charge on any atom is -0.434 e. The van der Waals surface area contributed by atoms with Gasteiger partial charge in [-0.15, -0.1) is 0 Å². The minimum atomic E-state index is -2.94. The summed E-state index contributed by atoms with van der Waals surface area (Å²) in [6.45, 7) is 2.36. The van der Waals surface area contributed by atoms with E-state index < -0.39 is 6.61 Å². The first kappa shape index (κ1) is 24.2. The Morgan fingerprint density at radius 2 is 1.42 bits per heavy atom. The van der Waals surface area contributed by atoms with Crippen LogP contribution in [-0.4, -0.2) is 30.5 Å². The number of carbonyl (C=O) groups is 1. The number of carbonyl (C=O) groups excluding carboxylic acids is 1. The highest BCUT2D eigenvalue weighted by Gasteiger charge is 2.20. The van der Waals surface area contributed by atoms with Gasteiger partial charge in [-0.3, -0.25) is 4.79 Å². The average Bonchev–Trinajstić information content (AvgIpc) is 2.83. The van der Waals surface area contributed by atoms with E-state index in [0.29, 0.717) is 24.2 Å². The van der Waals surface area contributed by atoms with Crippen molar-refractivity contribution < 1.29 is 18.3 Å². The molecule has 0 aliphatic rings. The molecule has 0 unspecified atom stereocenters. The zero-order valence-electron chi connectivity index (χ0n) is 19.0. The first-order valence-corrected chi connectivity index (χ1v) is 11.2. The van der Waals surface area contributed by atoms with Crippen LogP contribution in [0.3, 0.4) is 0 Å². The number of benzene rings is 3. The summed E-state index contributed by atoms with van der Waals surface area (Å²) in [5, 5.41) is 0. The van der Waals surface area contributed by atoms with Crippen LogP contribution in [0.25, 0.3) is 22.8 Å². The lowest BCUT2D eigenvalue weighted by molar-refractivity contribution is -0.125. The monoisotopic (exact) mass is 449 g/mol. The zero-order valence-corrected chi connectivity index (χ0v) is 19.0. The molecule has 0 saturated carbocycles. The maximum Gasteiger partial charge on any atom is 0.387 e. The second-order valence-corrected chi connectivity index (χ2v) is 7.71. The Balaban J connectivity index is 2.06. The molecule has 0 spiro atoms. The highest BCUT2D eigenvalue weighted by atomic mass is 19.3. The van der Waals surface area contributed by atoms with Crippen LogP contribution in [0.2, 0.25) is 0 Å². The predicted molar refractivity (Wildman–Crippen MR) is 130 cm³/mol. The molecule has 3 aromatic carbocycles. The fraction of sp³-hybridized carbons (Fsp3) is 0.250. The van der Waals surface area contributed by atoms with Crippen molar-refractivity contribution in [1.82, 2.24) is 4.90 Å². The molecule has 3 nitrogen and oxygen atoms in total. The van der Waals surface area contributed by atoms with Gasteiger partial charge in [0.1, 0.15) is 5.75 Å². The van der Waals surface area contributed by atoms with Gasteiger partial charge in [-0.25, -0.2) is 0 Å². The molecule has 0 fully saturated rings. The molecule has 0 bridgehead atoms.